The molecule has 4 nitrogen and oxygen atoms in total. The molecule has 0 spiro atoms. The van der Waals surface area contributed by atoms with E-state index in [1.54, 1.807) is 6.08 Å². The van der Waals surface area contributed by atoms with Gasteiger partial charge in [0.2, 0.25) is 0 Å². The van der Waals surface area contributed by atoms with Gasteiger partial charge in [-0.2, -0.15) is 13.2 Å². The topological polar surface area (TPSA) is 53.5 Å². The maximum Gasteiger partial charge on any atom is 0.416 e. The molecule has 32 heavy (non-hydrogen) atoms. The van der Waals surface area contributed by atoms with E-state index < -0.39 is 17.6 Å². The normalized spacial score (nSPS) is 18.6. The highest BCUT2D eigenvalue weighted by molar-refractivity contribution is 6.33. The minimum Gasteiger partial charge on any atom is -0.385 e. The van der Waals surface area contributed by atoms with Crippen molar-refractivity contribution in [2.24, 2.45) is 10.9 Å². The van der Waals surface area contributed by atoms with Crippen molar-refractivity contribution in [3.8, 4) is 0 Å². The number of benzene rings is 2. The molecule has 0 saturated heterocycles. The van der Waals surface area contributed by atoms with Crippen LogP contribution in [0.5, 0.6) is 0 Å². The summed E-state index contributed by atoms with van der Waals surface area (Å²) in [5.41, 5.74) is 1.62. The van der Waals surface area contributed by atoms with Crippen molar-refractivity contribution in [1.29, 1.82) is 0 Å². The number of hydrogen-bond donors (Lipinski definition) is 2. The van der Waals surface area contributed by atoms with Crippen LogP contribution in [0.1, 0.15) is 47.2 Å². The van der Waals surface area contributed by atoms with Crippen LogP contribution in [0.15, 0.2) is 48.0 Å². The lowest BCUT2D eigenvalue weighted by Crippen LogP contribution is -2.38. The van der Waals surface area contributed by atoms with Gasteiger partial charge >= 0.3 is 6.18 Å². The Balaban J connectivity index is 1.51. The van der Waals surface area contributed by atoms with Gasteiger partial charge in [0.15, 0.2) is 0 Å². The molecule has 1 fully saturated rings. The summed E-state index contributed by atoms with van der Waals surface area (Å²) < 4.78 is 38.8. The van der Waals surface area contributed by atoms with E-state index in [1.165, 1.54) is 0 Å². The lowest BCUT2D eigenvalue weighted by molar-refractivity contribution is -0.137. The summed E-state index contributed by atoms with van der Waals surface area (Å²) in [7, 11) is 0. The number of halogens is 4. The third kappa shape index (κ3) is 5.91. The highest BCUT2D eigenvalue weighted by atomic mass is 35.5. The van der Waals surface area contributed by atoms with E-state index in [-0.39, 0.29) is 16.6 Å². The number of carbonyl (C=O) groups is 1. The summed E-state index contributed by atoms with van der Waals surface area (Å²) in [5.74, 6) is -0.139. The number of anilines is 1. The van der Waals surface area contributed by atoms with Crippen molar-refractivity contribution in [3.05, 3.63) is 64.7 Å². The van der Waals surface area contributed by atoms with Crippen LogP contribution in [0.3, 0.4) is 0 Å². The third-order valence-corrected chi connectivity index (χ3v) is 6.06. The summed E-state index contributed by atoms with van der Waals surface area (Å²) in [5, 5.41) is 6.27. The zero-order valence-corrected chi connectivity index (χ0v) is 18.3. The monoisotopic (exact) mass is 463 g/mol. The van der Waals surface area contributed by atoms with Crippen molar-refractivity contribution < 1.29 is 18.0 Å². The molecule has 0 atom stereocenters. The van der Waals surface area contributed by atoms with Gasteiger partial charge in [-0.3, -0.25) is 9.79 Å². The van der Waals surface area contributed by atoms with Crippen LogP contribution in [-0.2, 0) is 6.18 Å². The first kappa shape index (κ1) is 23.9. The Kier molecular flexibility index (Phi) is 7.61. The van der Waals surface area contributed by atoms with Crippen molar-refractivity contribution in [1.82, 2.24) is 5.32 Å². The molecule has 8 heteroatoms. The molecule has 0 aromatic heterocycles. The highest BCUT2D eigenvalue weighted by Crippen LogP contribution is 2.32. The summed E-state index contributed by atoms with van der Waals surface area (Å²) in [6.07, 6.45) is 0.515. The first-order valence-corrected chi connectivity index (χ1v) is 10.7. The summed E-state index contributed by atoms with van der Waals surface area (Å²) in [6, 6.07) is 8.50. The Bertz CT molecular complexity index is 998. The van der Waals surface area contributed by atoms with Crippen LogP contribution >= 0.6 is 11.6 Å². The van der Waals surface area contributed by atoms with E-state index in [2.05, 4.69) is 28.9 Å². The van der Waals surface area contributed by atoms with Gasteiger partial charge in [-0.15, -0.1) is 0 Å². The van der Waals surface area contributed by atoms with E-state index >= 15 is 0 Å². The fraction of sp³-hybridized carbons (Fsp3) is 0.333. The van der Waals surface area contributed by atoms with E-state index in [1.807, 2.05) is 18.2 Å². The molecule has 0 unspecified atom stereocenters. The minimum atomic E-state index is -4.53. The molecule has 170 valence electrons. The summed E-state index contributed by atoms with van der Waals surface area (Å²) >= 11 is 5.97. The average Bonchev–Trinajstić information content (AvgIpc) is 2.77. The van der Waals surface area contributed by atoms with E-state index in [0.717, 1.165) is 67.4 Å². The molecule has 1 aliphatic carbocycles. The summed E-state index contributed by atoms with van der Waals surface area (Å²) in [6.45, 7) is 8.13. The highest BCUT2D eigenvalue weighted by Gasteiger charge is 2.32. The first-order valence-electron chi connectivity index (χ1n) is 10.4. The van der Waals surface area contributed by atoms with Gasteiger partial charge in [0.25, 0.3) is 5.91 Å². The quantitative estimate of drug-likeness (QED) is 0.447. The van der Waals surface area contributed by atoms with Gasteiger partial charge in [-0.05, 0) is 74.7 Å². The molecular formula is C24H25ClF3N3O. The molecule has 0 heterocycles. The van der Waals surface area contributed by atoms with Crippen molar-refractivity contribution in [3.63, 3.8) is 0 Å². The number of aliphatic imine (C=N–C) groups is 1. The Labute approximate surface area is 190 Å². The Morgan fingerprint density at radius 1 is 1.16 bits per heavy atom. The Morgan fingerprint density at radius 2 is 1.88 bits per heavy atom. The van der Waals surface area contributed by atoms with Gasteiger partial charge < -0.3 is 10.6 Å². The van der Waals surface area contributed by atoms with Gasteiger partial charge in [0.05, 0.1) is 21.8 Å². The van der Waals surface area contributed by atoms with Gasteiger partial charge in [0.1, 0.15) is 0 Å². The molecule has 2 aromatic carbocycles. The van der Waals surface area contributed by atoms with E-state index in [4.69, 9.17) is 11.6 Å². The standard InChI is InChI=1S/C24H25ClF3N3O/c1-3-16-12-19(9-11-22(16)29-2)30-14-15-4-7-18(8-5-15)31-23(32)20-13-17(24(26,27)28)6-10-21(20)25/h3,6,9-13,15,18,30H,1-2,4-5,7-8,14H2,(H,31,32). The largest absolute Gasteiger partial charge is 0.416 e. The fourth-order valence-corrected chi connectivity index (χ4v) is 4.09. The maximum absolute atomic E-state index is 12.9. The second-order valence-corrected chi connectivity index (χ2v) is 8.31. The zero-order chi connectivity index (χ0) is 23.3. The van der Waals surface area contributed by atoms with Crippen molar-refractivity contribution in [2.45, 2.75) is 37.9 Å². The smallest absolute Gasteiger partial charge is 0.385 e. The lowest BCUT2D eigenvalue weighted by atomic mass is 9.85. The first-order chi connectivity index (χ1) is 15.2. The number of carbonyl (C=O) groups excluding carboxylic acids is 1. The molecule has 0 aliphatic heterocycles. The third-order valence-electron chi connectivity index (χ3n) is 5.73. The van der Waals surface area contributed by atoms with Crippen molar-refractivity contribution >= 4 is 41.7 Å². The van der Waals surface area contributed by atoms with Gasteiger partial charge in [0, 0.05) is 23.8 Å². The lowest BCUT2D eigenvalue weighted by Gasteiger charge is -2.29. The molecule has 1 amide bonds. The molecule has 0 radical (unpaired) electrons. The molecule has 2 N–H and O–H groups in total. The van der Waals surface area contributed by atoms with E-state index in [0.29, 0.717) is 5.92 Å². The van der Waals surface area contributed by atoms with Gasteiger partial charge in [-0.1, -0.05) is 24.3 Å². The minimum absolute atomic E-state index is 0.00459. The van der Waals surface area contributed by atoms with Gasteiger partial charge in [-0.25, -0.2) is 0 Å². The van der Waals surface area contributed by atoms with Crippen LogP contribution < -0.4 is 10.6 Å². The fourth-order valence-electron chi connectivity index (χ4n) is 3.88. The number of nitrogens with zero attached hydrogens (tertiary/aromatic N) is 1. The second kappa shape index (κ2) is 10.2. The second-order valence-electron chi connectivity index (χ2n) is 7.90. The predicted octanol–water partition coefficient (Wildman–Crippen LogP) is 6.73. The number of nitrogens with one attached hydrogen (secondary N) is 2. The Morgan fingerprint density at radius 3 is 2.50 bits per heavy atom. The van der Waals surface area contributed by atoms with Crippen LogP contribution in [0, 0.1) is 5.92 Å². The predicted molar refractivity (Wildman–Crippen MR) is 124 cm³/mol. The SMILES string of the molecule is C=Cc1cc(NCC2CCC(NC(=O)c3cc(C(F)(F)F)ccc3Cl)CC2)ccc1N=C. The Hall–Kier alpha value is -2.80. The number of rotatable bonds is 7. The van der Waals surface area contributed by atoms with Crippen LogP contribution in [0.2, 0.25) is 5.02 Å². The molecule has 3 rings (SSSR count). The van der Waals surface area contributed by atoms with Crippen LogP contribution in [0.4, 0.5) is 24.5 Å². The maximum atomic E-state index is 12.9. The average molecular weight is 464 g/mol. The zero-order valence-electron chi connectivity index (χ0n) is 17.5. The molecular weight excluding hydrogens is 439 g/mol. The molecule has 1 saturated carbocycles. The molecule has 0 bridgehead atoms. The number of amides is 1. The number of alkyl halides is 3. The van der Waals surface area contributed by atoms with Crippen molar-refractivity contribution in [2.75, 3.05) is 11.9 Å². The number of hydrogen-bond acceptors (Lipinski definition) is 3. The van der Waals surface area contributed by atoms with Crippen LogP contribution in [-0.4, -0.2) is 25.2 Å². The molecule has 1 aliphatic rings. The van der Waals surface area contributed by atoms with E-state index in [9.17, 15) is 18.0 Å². The molecule has 2 aromatic rings. The van der Waals surface area contributed by atoms with Crippen LogP contribution in [0.25, 0.3) is 6.08 Å². The summed E-state index contributed by atoms with van der Waals surface area (Å²) in [4.78, 5) is 16.5.